The molecule has 5 nitrogen and oxygen atoms in total. The summed E-state index contributed by atoms with van der Waals surface area (Å²) < 4.78 is 26.5. The summed E-state index contributed by atoms with van der Waals surface area (Å²) in [4.78, 5) is 16.0. The van der Waals surface area contributed by atoms with Crippen LogP contribution in [0.15, 0.2) is 41.8 Å². The SMILES string of the molecule is Cc1ccc(C=CS(=O)(=O)N2CCN(C(=O)c3ccc(C)s3)CC2)cc1. The van der Waals surface area contributed by atoms with E-state index in [1.807, 2.05) is 50.2 Å². The van der Waals surface area contributed by atoms with Crippen LogP contribution in [0.25, 0.3) is 6.08 Å². The quantitative estimate of drug-likeness (QED) is 0.806. The number of amides is 1. The number of rotatable bonds is 4. The highest BCUT2D eigenvalue weighted by atomic mass is 32.2. The molecule has 1 aliphatic rings. The molecule has 0 unspecified atom stereocenters. The van der Waals surface area contributed by atoms with E-state index >= 15 is 0 Å². The molecule has 138 valence electrons. The number of piperazine rings is 1. The maximum absolute atomic E-state index is 12.5. The molecule has 1 aromatic heterocycles. The molecule has 1 saturated heterocycles. The summed E-state index contributed by atoms with van der Waals surface area (Å²) in [5.74, 6) is -0.0182. The van der Waals surface area contributed by atoms with Crippen LogP contribution < -0.4 is 0 Å². The van der Waals surface area contributed by atoms with Crippen LogP contribution in [0.3, 0.4) is 0 Å². The second kappa shape index (κ2) is 7.73. The summed E-state index contributed by atoms with van der Waals surface area (Å²) in [5, 5.41) is 1.25. The van der Waals surface area contributed by atoms with Crippen LogP contribution in [0.1, 0.15) is 25.7 Å². The largest absolute Gasteiger partial charge is 0.335 e. The molecule has 1 aliphatic heterocycles. The van der Waals surface area contributed by atoms with E-state index in [-0.39, 0.29) is 5.91 Å². The molecule has 26 heavy (non-hydrogen) atoms. The first-order valence-electron chi connectivity index (χ1n) is 8.46. The first kappa shape index (κ1) is 18.8. The molecule has 1 amide bonds. The fraction of sp³-hybridized carbons (Fsp3) is 0.316. The Bertz CT molecular complexity index is 907. The summed E-state index contributed by atoms with van der Waals surface area (Å²) in [5.41, 5.74) is 1.98. The summed E-state index contributed by atoms with van der Waals surface area (Å²) in [6, 6.07) is 11.4. The van der Waals surface area contributed by atoms with Crippen molar-refractivity contribution >= 4 is 33.3 Å². The Morgan fingerprint density at radius 1 is 1.00 bits per heavy atom. The first-order chi connectivity index (χ1) is 12.3. The minimum absolute atomic E-state index is 0.0182. The van der Waals surface area contributed by atoms with E-state index < -0.39 is 10.0 Å². The van der Waals surface area contributed by atoms with E-state index in [1.165, 1.54) is 21.1 Å². The van der Waals surface area contributed by atoms with Crippen LogP contribution in [0, 0.1) is 13.8 Å². The predicted octanol–water partition coefficient (Wildman–Crippen LogP) is 3.12. The zero-order valence-corrected chi connectivity index (χ0v) is 16.5. The zero-order chi connectivity index (χ0) is 18.7. The van der Waals surface area contributed by atoms with Gasteiger partial charge in [-0.15, -0.1) is 11.3 Å². The molecule has 0 N–H and O–H groups in total. The Hall–Kier alpha value is -1.96. The van der Waals surface area contributed by atoms with E-state index in [0.29, 0.717) is 31.1 Å². The van der Waals surface area contributed by atoms with Crippen molar-refractivity contribution < 1.29 is 13.2 Å². The molecule has 1 aromatic carbocycles. The zero-order valence-electron chi connectivity index (χ0n) is 14.9. The summed E-state index contributed by atoms with van der Waals surface area (Å²) in [7, 11) is -3.48. The van der Waals surface area contributed by atoms with E-state index in [9.17, 15) is 13.2 Å². The van der Waals surface area contributed by atoms with Crippen LogP contribution in [-0.2, 0) is 10.0 Å². The maximum atomic E-state index is 12.5. The van der Waals surface area contributed by atoms with Crippen LogP contribution in [-0.4, -0.2) is 49.7 Å². The molecule has 7 heteroatoms. The molecule has 3 rings (SSSR count). The molecule has 2 aromatic rings. The van der Waals surface area contributed by atoms with Gasteiger partial charge in [-0.3, -0.25) is 4.79 Å². The third-order valence-corrected chi connectivity index (χ3v) is 6.90. The van der Waals surface area contributed by atoms with Gasteiger partial charge in [0.05, 0.1) is 4.88 Å². The number of hydrogen-bond donors (Lipinski definition) is 0. The lowest BCUT2D eigenvalue weighted by Gasteiger charge is -2.33. The van der Waals surface area contributed by atoms with Gasteiger partial charge in [-0.25, -0.2) is 8.42 Å². The van der Waals surface area contributed by atoms with Crippen LogP contribution in [0.2, 0.25) is 0 Å². The van der Waals surface area contributed by atoms with Crippen molar-refractivity contribution in [2.45, 2.75) is 13.8 Å². The van der Waals surface area contributed by atoms with Crippen molar-refractivity contribution in [2.24, 2.45) is 0 Å². The lowest BCUT2D eigenvalue weighted by atomic mass is 10.2. The molecular formula is C19H22N2O3S2. The van der Waals surface area contributed by atoms with Gasteiger partial charge in [0.15, 0.2) is 0 Å². The topological polar surface area (TPSA) is 57.7 Å². The van der Waals surface area contributed by atoms with Crippen LogP contribution >= 0.6 is 11.3 Å². The van der Waals surface area contributed by atoms with Crippen LogP contribution in [0.4, 0.5) is 0 Å². The number of carbonyl (C=O) groups is 1. The molecule has 2 heterocycles. The highest BCUT2D eigenvalue weighted by Crippen LogP contribution is 2.19. The van der Waals surface area contributed by atoms with Gasteiger partial charge >= 0.3 is 0 Å². The number of hydrogen-bond acceptors (Lipinski definition) is 4. The number of carbonyl (C=O) groups excluding carboxylic acids is 1. The van der Waals surface area contributed by atoms with Crippen molar-refractivity contribution in [2.75, 3.05) is 26.2 Å². The van der Waals surface area contributed by atoms with Gasteiger partial charge in [0, 0.05) is 36.5 Å². The van der Waals surface area contributed by atoms with E-state index in [2.05, 4.69) is 0 Å². The number of benzene rings is 1. The minimum atomic E-state index is -3.48. The third-order valence-electron chi connectivity index (χ3n) is 4.35. The van der Waals surface area contributed by atoms with Gasteiger partial charge in [-0.1, -0.05) is 29.8 Å². The lowest BCUT2D eigenvalue weighted by molar-refractivity contribution is 0.0703. The van der Waals surface area contributed by atoms with Gasteiger partial charge in [0.1, 0.15) is 0 Å². The smallest absolute Gasteiger partial charge is 0.264 e. The lowest BCUT2D eigenvalue weighted by Crippen LogP contribution is -2.49. The standard InChI is InChI=1S/C19H22N2O3S2/c1-15-3-6-17(7-4-15)9-14-26(23,24)21-12-10-20(11-13-21)19(22)18-8-5-16(2)25-18/h3-9,14H,10-13H2,1-2H3. The normalized spacial score (nSPS) is 16.3. The Labute approximate surface area is 158 Å². The highest BCUT2D eigenvalue weighted by Gasteiger charge is 2.28. The maximum Gasteiger partial charge on any atom is 0.264 e. The number of thiophene rings is 1. The summed E-state index contributed by atoms with van der Waals surface area (Å²) in [6.07, 6.45) is 1.61. The summed E-state index contributed by atoms with van der Waals surface area (Å²) in [6.45, 7) is 5.41. The van der Waals surface area contributed by atoms with Crippen molar-refractivity contribution in [3.05, 3.63) is 62.7 Å². The number of nitrogens with zero attached hydrogens (tertiary/aromatic N) is 2. The second-order valence-corrected chi connectivity index (χ2v) is 9.47. The molecule has 0 atom stereocenters. The van der Waals surface area contributed by atoms with Gasteiger partial charge in [0.2, 0.25) is 10.0 Å². The van der Waals surface area contributed by atoms with Crippen molar-refractivity contribution in [1.82, 2.24) is 9.21 Å². The van der Waals surface area contributed by atoms with E-state index in [1.54, 1.807) is 11.0 Å². The molecule has 0 saturated carbocycles. The first-order valence-corrected chi connectivity index (χ1v) is 10.8. The van der Waals surface area contributed by atoms with Gasteiger partial charge in [-0.05, 0) is 37.6 Å². The summed E-state index contributed by atoms with van der Waals surface area (Å²) >= 11 is 1.47. The molecule has 0 spiro atoms. The van der Waals surface area contributed by atoms with Crippen molar-refractivity contribution in [1.29, 1.82) is 0 Å². The average molecular weight is 391 g/mol. The molecule has 0 aliphatic carbocycles. The fourth-order valence-corrected chi connectivity index (χ4v) is 4.79. The molecular weight excluding hydrogens is 368 g/mol. The van der Waals surface area contributed by atoms with Crippen molar-refractivity contribution in [3.63, 3.8) is 0 Å². The number of sulfonamides is 1. The van der Waals surface area contributed by atoms with Crippen LogP contribution in [0.5, 0.6) is 0 Å². The monoisotopic (exact) mass is 390 g/mol. The molecule has 0 bridgehead atoms. The van der Waals surface area contributed by atoms with Gasteiger partial charge in [-0.2, -0.15) is 4.31 Å². The predicted molar refractivity (Wildman–Crippen MR) is 106 cm³/mol. The highest BCUT2D eigenvalue weighted by molar-refractivity contribution is 7.92. The Morgan fingerprint density at radius 2 is 1.65 bits per heavy atom. The minimum Gasteiger partial charge on any atom is -0.335 e. The third kappa shape index (κ3) is 4.41. The number of aryl methyl sites for hydroxylation is 2. The fourth-order valence-electron chi connectivity index (χ4n) is 2.78. The second-order valence-electron chi connectivity index (χ2n) is 6.36. The Balaban J connectivity index is 1.61. The molecule has 1 fully saturated rings. The Kier molecular flexibility index (Phi) is 5.60. The molecule has 0 radical (unpaired) electrons. The van der Waals surface area contributed by atoms with Crippen molar-refractivity contribution in [3.8, 4) is 0 Å². The van der Waals surface area contributed by atoms with E-state index in [0.717, 1.165) is 16.0 Å². The average Bonchev–Trinajstić information content (AvgIpc) is 3.07. The van der Waals surface area contributed by atoms with Gasteiger partial charge < -0.3 is 4.90 Å². The van der Waals surface area contributed by atoms with Gasteiger partial charge in [0.25, 0.3) is 5.91 Å². The van der Waals surface area contributed by atoms with E-state index in [4.69, 9.17) is 0 Å². The Morgan fingerprint density at radius 3 is 2.23 bits per heavy atom.